The fraction of sp³-hybridized carbons (Fsp3) is 0.333. The van der Waals surface area contributed by atoms with Crippen molar-refractivity contribution in [3.63, 3.8) is 0 Å². The molecule has 126 valence electrons. The number of rotatable bonds is 5. The lowest BCUT2D eigenvalue weighted by atomic mass is 10.0. The molecule has 1 amide bonds. The van der Waals surface area contributed by atoms with Crippen molar-refractivity contribution in [2.45, 2.75) is 25.1 Å². The van der Waals surface area contributed by atoms with Crippen LogP contribution in [-0.4, -0.2) is 40.1 Å². The lowest BCUT2D eigenvalue weighted by Gasteiger charge is -2.23. The number of halogens is 1. The van der Waals surface area contributed by atoms with Gasteiger partial charge in [-0.1, -0.05) is 18.2 Å². The molecule has 1 aliphatic rings. The Labute approximate surface area is 140 Å². The minimum Gasteiger partial charge on any atom is -0.392 e. The van der Waals surface area contributed by atoms with Gasteiger partial charge in [-0.2, -0.15) is 0 Å². The summed E-state index contributed by atoms with van der Waals surface area (Å²) in [4.78, 5) is 18.1. The third kappa shape index (κ3) is 4.15. The Kier molecular flexibility index (Phi) is 5.17. The van der Waals surface area contributed by atoms with E-state index < -0.39 is 6.10 Å². The van der Waals surface area contributed by atoms with E-state index in [4.69, 9.17) is 0 Å². The Morgan fingerprint density at radius 2 is 2.12 bits per heavy atom. The fourth-order valence-electron chi connectivity index (χ4n) is 3.03. The van der Waals surface area contributed by atoms with Crippen molar-refractivity contribution in [2.24, 2.45) is 0 Å². The summed E-state index contributed by atoms with van der Waals surface area (Å²) in [5, 5.41) is 12.8. The third-order valence-corrected chi connectivity index (χ3v) is 4.20. The number of hydrogen-bond donors (Lipinski definition) is 2. The molecule has 1 aliphatic heterocycles. The summed E-state index contributed by atoms with van der Waals surface area (Å²) < 4.78 is 13.1. The Balaban J connectivity index is 1.59. The molecular formula is C18H20FN3O2. The molecule has 6 heteroatoms. The SMILES string of the molecule is O=C(CN1C[C@H](O)C[C@H]1c1ccc(F)cc1)NCc1cccnc1. The largest absolute Gasteiger partial charge is 0.392 e. The minimum absolute atomic E-state index is 0.0789. The molecule has 0 aliphatic carbocycles. The van der Waals surface area contributed by atoms with Gasteiger partial charge < -0.3 is 10.4 Å². The highest BCUT2D eigenvalue weighted by Crippen LogP contribution is 2.31. The molecule has 1 aromatic carbocycles. The molecule has 0 saturated carbocycles. The summed E-state index contributed by atoms with van der Waals surface area (Å²) >= 11 is 0. The number of carbonyl (C=O) groups excluding carboxylic acids is 1. The van der Waals surface area contributed by atoms with E-state index in [0.29, 0.717) is 19.5 Å². The number of aromatic nitrogens is 1. The van der Waals surface area contributed by atoms with Crippen LogP contribution in [0.1, 0.15) is 23.6 Å². The van der Waals surface area contributed by atoms with Crippen LogP contribution in [0.5, 0.6) is 0 Å². The second kappa shape index (κ2) is 7.51. The van der Waals surface area contributed by atoms with Crippen molar-refractivity contribution in [1.29, 1.82) is 0 Å². The molecule has 3 rings (SSSR count). The van der Waals surface area contributed by atoms with E-state index in [2.05, 4.69) is 10.3 Å². The number of hydrogen-bond acceptors (Lipinski definition) is 4. The van der Waals surface area contributed by atoms with Crippen molar-refractivity contribution in [3.8, 4) is 0 Å². The number of aliphatic hydroxyl groups is 1. The number of carbonyl (C=O) groups is 1. The first kappa shape index (κ1) is 16.5. The maximum Gasteiger partial charge on any atom is 0.234 e. The molecule has 2 heterocycles. The maximum atomic E-state index is 13.1. The number of amides is 1. The van der Waals surface area contributed by atoms with Gasteiger partial charge in [-0.25, -0.2) is 4.39 Å². The van der Waals surface area contributed by atoms with E-state index in [-0.39, 0.29) is 24.3 Å². The van der Waals surface area contributed by atoms with Gasteiger partial charge in [0.05, 0.1) is 12.6 Å². The lowest BCUT2D eigenvalue weighted by molar-refractivity contribution is -0.122. The number of nitrogens with zero attached hydrogens (tertiary/aromatic N) is 2. The van der Waals surface area contributed by atoms with Gasteiger partial charge in [0.2, 0.25) is 5.91 Å². The van der Waals surface area contributed by atoms with E-state index in [1.54, 1.807) is 24.5 Å². The van der Waals surface area contributed by atoms with Crippen molar-refractivity contribution < 1.29 is 14.3 Å². The zero-order valence-corrected chi connectivity index (χ0v) is 13.2. The number of nitrogens with one attached hydrogen (secondary N) is 1. The van der Waals surface area contributed by atoms with E-state index >= 15 is 0 Å². The van der Waals surface area contributed by atoms with Crippen LogP contribution in [0.4, 0.5) is 4.39 Å². The summed E-state index contributed by atoms with van der Waals surface area (Å²) in [5.41, 5.74) is 1.84. The Bertz CT molecular complexity index is 678. The van der Waals surface area contributed by atoms with Gasteiger partial charge in [0.25, 0.3) is 0 Å². The lowest BCUT2D eigenvalue weighted by Crippen LogP contribution is -2.37. The maximum absolute atomic E-state index is 13.1. The number of likely N-dealkylation sites (tertiary alicyclic amines) is 1. The van der Waals surface area contributed by atoms with Gasteiger partial charge in [0, 0.05) is 31.5 Å². The molecule has 1 saturated heterocycles. The van der Waals surface area contributed by atoms with Crippen LogP contribution < -0.4 is 5.32 Å². The normalized spacial score (nSPS) is 20.9. The summed E-state index contributed by atoms with van der Waals surface area (Å²) in [5.74, 6) is -0.405. The molecule has 24 heavy (non-hydrogen) atoms. The van der Waals surface area contributed by atoms with Gasteiger partial charge in [0.1, 0.15) is 5.82 Å². The second-order valence-electron chi connectivity index (χ2n) is 6.02. The van der Waals surface area contributed by atoms with Crippen LogP contribution in [0.15, 0.2) is 48.8 Å². The topological polar surface area (TPSA) is 65.5 Å². The van der Waals surface area contributed by atoms with Crippen molar-refractivity contribution in [2.75, 3.05) is 13.1 Å². The molecule has 1 aromatic heterocycles. The molecule has 0 spiro atoms. The van der Waals surface area contributed by atoms with Gasteiger partial charge in [-0.05, 0) is 35.7 Å². The number of β-amino-alcohol motifs (C(OH)–C–C–N with tert-alkyl or cyclic N) is 1. The van der Waals surface area contributed by atoms with Crippen molar-refractivity contribution >= 4 is 5.91 Å². The quantitative estimate of drug-likeness (QED) is 0.875. The van der Waals surface area contributed by atoms with E-state index in [9.17, 15) is 14.3 Å². The number of aliphatic hydroxyl groups excluding tert-OH is 1. The average molecular weight is 329 g/mol. The molecule has 2 atom stereocenters. The molecule has 2 N–H and O–H groups in total. The fourth-order valence-corrected chi connectivity index (χ4v) is 3.03. The van der Waals surface area contributed by atoms with Crippen LogP contribution in [0, 0.1) is 5.82 Å². The Morgan fingerprint density at radius 1 is 1.33 bits per heavy atom. The van der Waals surface area contributed by atoms with Crippen LogP contribution in [0.25, 0.3) is 0 Å². The average Bonchev–Trinajstić information content (AvgIpc) is 2.95. The first-order valence-corrected chi connectivity index (χ1v) is 7.95. The summed E-state index contributed by atoms with van der Waals surface area (Å²) in [6, 6.07) is 9.86. The van der Waals surface area contributed by atoms with E-state index in [1.807, 2.05) is 17.0 Å². The van der Waals surface area contributed by atoms with Crippen molar-refractivity contribution in [3.05, 3.63) is 65.7 Å². The van der Waals surface area contributed by atoms with Crippen LogP contribution in [-0.2, 0) is 11.3 Å². The molecule has 1 fully saturated rings. The highest BCUT2D eigenvalue weighted by molar-refractivity contribution is 5.78. The van der Waals surface area contributed by atoms with Gasteiger partial charge >= 0.3 is 0 Å². The minimum atomic E-state index is -0.480. The zero-order chi connectivity index (χ0) is 16.9. The smallest absolute Gasteiger partial charge is 0.234 e. The molecule has 0 unspecified atom stereocenters. The molecular weight excluding hydrogens is 309 g/mol. The molecule has 0 radical (unpaired) electrons. The van der Waals surface area contributed by atoms with Crippen LogP contribution in [0.2, 0.25) is 0 Å². The Morgan fingerprint density at radius 3 is 2.83 bits per heavy atom. The van der Waals surface area contributed by atoms with Gasteiger partial charge in [0.15, 0.2) is 0 Å². The van der Waals surface area contributed by atoms with E-state index in [1.165, 1.54) is 12.1 Å². The van der Waals surface area contributed by atoms with Gasteiger partial charge in [-0.3, -0.25) is 14.7 Å². The monoisotopic (exact) mass is 329 g/mol. The summed E-state index contributed by atoms with van der Waals surface area (Å²) in [6.45, 7) is 1.05. The van der Waals surface area contributed by atoms with Gasteiger partial charge in [-0.15, -0.1) is 0 Å². The summed E-state index contributed by atoms with van der Waals surface area (Å²) in [7, 11) is 0. The molecule has 5 nitrogen and oxygen atoms in total. The third-order valence-electron chi connectivity index (χ3n) is 4.20. The number of pyridine rings is 1. The van der Waals surface area contributed by atoms with Crippen LogP contribution >= 0.6 is 0 Å². The number of benzene rings is 1. The van der Waals surface area contributed by atoms with Crippen molar-refractivity contribution in [1.82, 2.24) is 15.2 Å². The first-order chi connectivity index (χ1) is 11.6. The summed E-state index contributed by atoms with van der Waals surface area (Å²) in [6.07, 6.45) is 3.46. The van der Waals surface area contributed by atoms with E-state index in [0.717, 1.165) is 11.1 Å². The highest BCUT2D eigenvalue weighted by atomic mass is 19.1. The predicted molar refractivity (Wildman–Crippen MR) is 87.4 cm³/mol. The zero-order valence-electron chi connectivity index (χ0n) is 13.2. The standard InChI is InChI=1S/C18H20FN3O2/c19-15-5-3-14(4-6-15)17-8-16(23)11-22(17)12-18(24)21-10-13-2-1-7-20-9-13/h1-7,9,16-17,23H,8,10-12H2,(H,21,24)/t16-,17+/m1/s1. The predicted octanol–water partition coefficient (Wildman–Crippen LogP) is 1.64. The van der Waals surface area contributed by atoms with Crippen LogP contribution in [0.3, 0.4) is 0 Å². The molecule has 2 aromatic rings. The molecule has 0 bridgehead atoms. The first-order valence-electron chi connectivity index (χ1n) is 7.95. The second-order valence-corrected chi connectivity index (χ2v) is 6.02. The highest BCUT2D eigenvalue weighted by Gasteiger charge is 2.33. The Hall–Kier alpha value is -2.31.